The van der Waals surface area contributed by atoms with Gasteiger partial charge in [-0.1, -0.05) is 27.7 Å². The number of carbonyl (C=O) groups is 4. The van der Waals surface area contributed by atoms with Crippen LogP contribution in [-0.2, 0) is 23.9 Å². The third-order valence-corrected chi connectivity index (χ3v) is 7.74. The predicted molar refractivity (Wildman–Crippen MR) is 147 cm³/mol. The molecule has 3 aliphatic rings. The van der Waals surface area contributed by atoms with Gasteiger partial charge in [-0.3, -0.25) is 14.4 Å². The van der Waals surface area contributed by atoms with Gasteiger partial charge in [-0.15, -0.1) is 0 Å². The Bertz CT molecular complexity index is 941. The van der Waals surface area contributed by atoms with Gasteiger partial charge in [0.05, 0.1) is 12.2 Å². The molecule has 0 aromatic heterocycles. The summed E-state index contributed by atoms with van der Waals surface area (Å²) in [6, 6.07) is -0.991. The lowest BCUT2D eigenvalue weighted by Gasteiger charge is -2.36. The first-order chi connectivity index (χ1) is 19.0. The molecule has 0 aliphatic carbocycles. The monoisotopic (exact) mass is 562 g/mol. The van der Waals surface area contributed by atoms with Crippen molar-refractivity contribution < 1.29 is 28.7 Å². The Kier molecular flexibility index (Phi) is 11.6. The molecule has 0 spiro atoms. The van der Waals surface area contributed by atoms with Crippen molar-refractivity contribution in [3.63, 3.8) is 0 Å². The molecule has 0 unspecified atom stereocenters. The van der Waals surface area contributed by atoms with Gasteiger partial charge < -0.3 is 35.6 Å². The number of urea groups is 1. The standard InChI is InChI=1S/C28H46N6O6/c1-5-11-40-21-15-22(25(36)31-20(16-29)14-18-7-6-10-30-24(18)35)34(17-21)26(37)23(28(2,3)4)33-27(38)32-19-8-12-39-13-9-19/h18-23H,5-15,17H2,1-4H3,(H,30,35)(H,31,36)(H2,32,33,38)/t18-,20-,21+,22-,23+/m0/s1. The van der Waals surface area contributed by atoms with Crippen LogP contribution in [0.1, 0.15) is 72.6 Å². The second-order valence-corrected chi connectivity index (χ2v) is 12.1. The van der Waals surface area contributed by atoms with Crippen LogP contribution in [0.25, 0.3) is 0 Å². The molecule has 224 valence electrons. The highest BCUT2D eigenvalue weighted by atomic mass is 16.5. The third kappa shape index (κ3) is 8.80. The Hall–Kier alpha value is -2.91. The molecule has 0 aromatic carbocycles. The number of nitriles is 1. The van der Waals surface area contributed by atoms with E-state index in [2.05, 4.69) is 27.3 Å². The molecule has 3 heterocycles. The van der Waals surface area contributed by atoms with Crippen LogP contribution in [-0.4, -0.2) is 91.8 Å². The summed E-state index contributed by atoms with van der Waals surface area (Å²) in [4.78, 5) is 54.1. The van der Waals surface area contributed by atoms with Crippen LogP contribution in [0.15, 0.2) is 0 Å². The Labute approximate surface area is 237 Å². The van der Waals surface area contributed by atoms with Crippen molar-refractivity contribution in [3.05, 3.63) is 0 Å². The molecule has 3 fully saturated rings. The zero-order valence-corrected chi connectivity index (χ0v) is 24.3. The fraction of sp³-hybridized carbons (Fsp3) is 0.821. The Morgan fingerprint density at radius 1 is 1.20 bits per heavy atom. The fourth-order valence-corrected chi connectivity index (χ4v) is 5.47. The lowest BCUT2D eigenvalue weighted by molar-refractivity contribution is -0.142. The van der Waals surface area contributed by atoms with Crippen molar-refractivity contribution >= 4 is 23.8 Å². The zero-order valence-electron chi connectivity index (χ0n) is 24.3. The minimum atomic E-state index is -0.898. The van der Waals surface area contributed by atoms with Crippen LogP contribution in [0.5, 0.6) is 0 Å². The molecule has 3 rings (SSSR count). The predicted octanol–water partition coefficient (Wildman–Crippen LogP) is 1.20. The number of carbonyl (C=O) groups excluding carboxylic acids is 4. The highest BCUT2D eigenvalue weighted by Crippen LogP contribution is 2.28. The molecule has 4 N–H and O–H groups in total. The Balaban J connectivity index is 1.73. The lowest BCUT2D eigenvalue weighted by Crippen LogP contribution is -2.60. The van der Waals surface area contributed by atoms with Gasteiger partial charge in [0.25, 0.3) is 0 Å². The third-order valence-electron chi connectivity index (χ3n) is 7.74. The molecule has 3 aliphatic heterocycles. The van der Waals surface area contributed by atoms with Crippen molar-refractivity contribution in [2.45, 2.75) is 103 Å². The van der Waals surface area contributed by atoms with Gasteiger partial charge in [-0.2, -0.15) is 5.26 Å². The first-order valence-corrected chi connectivity index (χ1v) is 14.6. The summed E-state index contributed by atoms with van der Waals surface area (Å²) in [5.41, 5.74) is -0.642. The quantitative estimate of drug-likeness (QED) is 0.311. The molecule has 5 atom stereocenters. The normalized spacial score (nSPS) is 25.3. The van der Waals surface area contributed by atoms with Crippen LogP contribution in [0.2, 0.25) is 0 Å². The van der Waals surface area contributed by atoms with Crippen molar-refractivity contribution in [2.75, 3.05) is 32.9 Å². The molecule has 0 bridgehead atoms. The van der Waals surface area contributed by atoms with E-state index in [1.54, 1.807) is 0 Å². The highest BCUT2D eigenvalue weighted by molar-refractivity contribution is 5.93. The zero-order chi connectivity index (χ0) is 29.3. The van der Waals surface area contributed by atoms with Crippen LogP contribution < -0.4 is 21.3 Å². The topological polar surface area (TPSA) is 162 Å². The van der Waals surface area contributed by atoms with Crippen LogP contribution >= 0.6 is 0 Å². The highest BCUT2D eigenvalue weighted by Gasteiger charge is 2.45. The van der Waals surface area contributed by atoms with E-state index in [1.807, 2.05) is 27.7 Å². The summed E-state index contributed by atoms with van der Waals surface area (Å²) >= 11 is 0. The van der Waals surface area contributed by atoms with E-state index < -0.39 is 35.5 Å². The minimum Gasteiger partial charge on any atom is -0.381 e. The molecule has 40 heavy (non-hydrogen) atoms. The number of ether oxygens (including phenoxy) is 2. The van der Waals surface area contributed by atoms with E-state index in [4.69, 9.17) is 9.47 Å². The van der Waals surface area contributed by atoms with Crippen LogP contribution in [0, 0.1) is 22.7 Å². The van der Waals surface area contributed by atoms with Gasteiger partial charge >= 0.3 is 6.03 Å². The van der Waals surface area contributed by atoms with E-state index in [0.717, 1.165) is 12.8 Å². The van der Waals surface area contributed by atoms with Crippen molar-refractivity contribution in [1.29, 1.82) is 5.26 Å². The second-order valence-electron chi connectivity index (χ2n) is 12.1. The number of hydrogen-bond acceptors (Lipinski definition) is 7. The number of likely N-dealkylation sites (tertiary alicyclic amines) is 1. The van der Waals surface area contributed by atoms with E-state index in [-0.39, 0.29) is 49.3 Å². The summed E-state index contributed by atoms with van der Waals surface area (Å²) in [6.45, 7) is 10.0. The van der Waals surface area contributed by atoms with Gasteiger partial charge in [0.1, 0.15) is 18.1 Å². The molecular weight excluding hydrogens is 516 g/mol. The molecule has 0 radical (unpaired) electrons. The van der Waals surface area contributed by atoms with Crippen molar-refractivity contribution in [2.24, 2.45) is 11.3 Å². The number of rotatable bonds is 10. The first kappa shape index (κ1) is 31.6. The van der Waals surface area contributed by atoms with Crippen molar-refractivity contribution in [3.8, 4) is 6.07 Å². The van der Waals surface area contributed by atoms with E-state index in [1.165, 1.54) is 4.90 Å². The van der Waals surface area contributed by atoms with Gasteiger partial charge in [0.2, 0.25) is 17.7 Å². The minimum absolute atomic E-state index is 0.0317. The molecule has 12 nitrogen and oxygen atoms in total. The molecule has 12 heteroatoms. The smallest absolute Gasteiger partial charge is 0.315 e. The number of piperidine rings is 1. The van der Waals surface area contributed by atoms with Gasteiger partial charge in [0.15, 0.2) is 0 Å². The number of nitrogens with zero attached hydrogens (tertiary/aromatic N) is 2. The largest absolute Gasteiger partial charge is 0.381 e. The van der Waals surface area contributed by atoms with E-state index in [9.17, 15) is 24.4 Å². The van der Waals surface area contributed by atoms with E-state index in [0.29, 0.717) is 45.6 Å². The van der Waals surface area contributed by atoms with Crippen LogP contribution in [0.4, 0.5) is 4.79 Å². The molecule has 5 amide bonds. The maximum atomic E-state index is 14.0. The maximum Gasteiger partial charge on any atom is 0.315 e. The molecular formula is C28H46N6O6. The number of nitrogens with one attached hydrogen (secondary N) is 4. The lowest BCUT2D eigenvalue weighted by atomic mass is 9.85. The summed E-state index contributed by atoms with van der Waals surface area (Å²) < 4.78 is 11.3. The second kappa shape index (κ2) is 14.6. The maximum absolute atomic E-state index is 14.0. The van der Waals surface area contributed by atoms with Crippen molar-refractivity contribution in [1.82, 2.24) is 26.2 Å². The average Bonchev–Trinajstić information content (AvgIpc) is 3.35. The SMILES string of the molecule is CCCO[C@@H]1C[C@@H](C(=O)N[C@H](C#N)C[C@@H]2CCCNC2=O)N(C(=O)[C@@H](NC(=O)NC2CCOCC2)C(C)(C)C)C1. The van der Waals surface area contributed by atoms with Gasteiger partial charge in [-0.25, -0.2) is 4.79 Å². The van der Waals surface area contributed by atoms with E-state index >= 15 is 0 Å². The van der Waals surface area contributed by atoms with Gasteiger partial charge in [-0.05, 0) is 43.9 Å². The summed E-state index contributed by atoms with van der Waals surface area (Å²) in [5, 5.41) is 21.1. The summed E-state index contributed by atoms with van der Waals surface area (Å²) in [5.74, 6) is -1.29. The van der Waals surface area contributed by atoms with Crippen LogP contribution in [0.3, 0.4) is 0 Å². The summed E-state index contributed by atoms with van der Waals surface area (Å²) in [6.07, 6.45) is 3.83. The molecule has 0 saturated carbocycles. The molecule has 0 aromatic rings. The number of hydrogen-bond donors (Lipinski definition) is 4. The summed E-state index contributed by atoms with van der Waals surface area (Å²) in [7, 11) is 0. The molecule has 3 saturated heterocycles. The Morgan fingerprint density at radius 2 is 1.93 bits per heavy atom. The first-order valence-electron chi connectivity index (χ1n) is 14.6. The fourth-order valence-electron chi connectivity index (χ4n) is 5.47. The Morgan fingerprint density at radius 3 is 2.55 bits per heavy atom. The number of amides is 5. The van der Waals surface area contributed by atoms with Gasteiger partial charge in [0, 0.05) is 51.3 Å². The average molecular weight is 563 g/mol.